The first kappa shape index (κ1) is 30.1. The molecule has 1 heterocycles. The van der Waals surface area contributed by atoms with Crippen LogP contribution in [0.2, 0.25) is 0 Å². The predicted molar refractivity (Wildman–Crippen MR) is 138 cm³/mol. The lowest BCUT2D eigenvalue weighted by Crippen LogP contribution is -2.68. The van der Waals surface area contributed by atoms with Gasteiger partial charge in [0.2, 0.25) is 12.6 Å². The third kappa shape index (κ3) is 5.20. The van der Waals surface area contributed by atoms with Crippen molar-refractivity contribution in [1.29, 1.82) is 0 Å². The normalized spacial score (nSPS) is 38.4. The van der Waals surface area contributed by atoms with Gasteiger partial charge in [0, 0.05) is 33.0 Å². The van der Waals surface area contributed by atoms with E-state index in [0.29, 0.717) is 24.8 Å². The van der Waals surface area contributed by atoms with Crippen LogP contribution >= 0.6 is 0 Å². The third-order valence-electron chi connectivity index (χ3n) is 8.68. The lowest BCUT2D eigenvalue weighted by Gasteiger charge is -2.62. The molecule has 2 fully saturated rings. The molecule has 2 aliphatic carbocycles. The van der Waals surface area contributed by atoms with Gasteiger partial charge in [-0.3, -0.25) is 19.1 Å². The summed E-state index contributed by atoms with van der Waals surface area (Å²) in [6.07, 6.45) is 2.29. The molecule has 9 atom stereocenters. The molecule has 0 unspecified atom stereocenters. The average molecular weight is 535 g/mol. The Kier molecular flexibility index (Phi) is 9.27. The second-order valence-electron chi connectivity index (χ2n) is 10.9. The summed E-state index contributed by atoms with van der Waals surface area (Å²) in [5.41, 5.74) is -0.463. The summed E-state index contributed by atoms with van der Waals surface area (Å²) in [6.45, 7) is 14.2. The van der Waals surface area contributed by atoms with E-state index < -0.39 is 53.5 Å². The van der Waals surface area contributed by atoms with Gasteiger partial charge in [-0.2, -0.15) is 0 Å². The van der Waals surface area contributed by atoms with E-state index in [-0.39, 0.29) is 24.4 Å². The van der Waals surface area contributed by atoms with Crippen molar-refractivity contribution < 1.29 is 43.2 Å². The lowest BCUT2D eigenvalue weighted by atomic mass is 9.44. The van der Waals surface area contributed by atoms with Crippen molar-refractivity contribution in [2.45, 2.75) is 98.1 Å². The van der Waals surface area contributed by atoms with Crippen LogP contribution in [0.5, 0.6) is 0 Å². The van der Waals surface area contributed by atoms with Gasteiger partial charge in [0.15, 0.2) is 0 Å². The highest BCUT2D eigenvalue weighted by molar-refractivity contribution is 5.70. The molecule has 0 aromatic carbocycles. The van der Waals surface area contributed by atoms with E-state index in [9.17, 15) is 19.5 Å². The van der Waals surface area contributed by atoms with Crippen LogP contribution in [0.4, 0.5) is 0 Å². The third-order valence-corrected chi connectivity index (χ3v) is 8.68. The molecule has 212 valence electrons. The van der Waals surface area contributed by atoms with E-state index in [2.05, 4.69) is 19.6 Å². The van der Waals surface area contributed by atoms with Crippen LogP contribution in [0.25, 0.3) is 0 Å². The van der Waals surface area contributed by atoms with Crippen molar-refractivity contribution in [3.05, 3.63) is 36.0 Å². The average Bonchev–Trinajstić information content (AvgIpc) is 3.15. The molecule has 0 radical (unpaired) electrons. The highest BCUT2D eigenvalue weighted by Crippen LogP contribution is 2.67. The molecule has 1 saturated heterocycles. The quantitative estimate of drug-likeness (QED) is 0.203. The minimum atomic E-state index is -1.32. The van der Waals surface area contributed by atoms with E-state index in [1.54, 1.807) is 19.3 Å². The summed E-state index contributed by atoms with van der Waals surface area (Å²) < 4.78 is 29.3. The van der Waals surface area contributed by atoms with Gasteiger partial charge < -0.3 is 24.1 Å². The number of hydrogen-bond donors (Lipinski definition) is 1. The smallest absolute Gasteiger partial charge is 0.308 e. The molecule has 0 aromatic rings. The summed E-state index contributed by atoms with van der Waals surface area (Å²) in [4.78, 5) is 37.3. The molecule has 1 spiro atoms. The molecule has 38 heavy (non-hydrogen) atoms. The van der Waals surface area contributed by atoms with Gasteiger partial charge in [0.05, 0.1) is 12.2 Å². The van der Waals surface area contributed by atoms with Crippen LogP contribution in [-0.2, 0) is 38.1 Å². The zero-order valence-corrected chi connectivity index (χ0v) is 23.5. The zero-order chi connectivity index (χ0) is 28.4. The Bertz CT molecular complexity index is 1000. The van der Waals surface area contributed by atoms with Gasteiger partial charge in [0.25, 0.3) is 0 Å². The van der Waals surface area contributed by atoms with Gasteiger partial charge >= 0.3 is 17.9 Å². The number of carbonyl (C=O) groups excluding carboxylic acids is 3. The van der Waals surface area contributed by atoms with Crippen molar-refractivity contribution in [1.82, 2.24) is 0 Å². The fraction of sp³-hybridized carbons (Fsp3) is 0.690. The van der Waals surface area contributed by atoms with E-state index in [1.807, 2.05) is 20.8 Å². The molecule has 0 amide bonds. The second kappa shape index (κ2) is 11.7. The number of aliphatic hydroxyl groups excluding tert-OH is 1. The summed E-state index contributed by atoms with van der Waals surface area (Å²) in [5.74, 6) is -2.39. The van der Waals surface area contributed by atoms with Crippen molar-refractivity contribution in [2.24, 2.45) is 22.7 Å². The standard InChI is InChI=1S/C29H42O9/c1-9-11-23(32)37-26-21-14-20(34-8)15-22-28(7,13-12-16(3)10-2)17(4)24(33)25(35-18(5)30)29(21,22)27(38-26)36-19(6)31/h10,12,14,17,20,22,24-27,33H,2,9,11,13,15H2,1,3-8H3/b16-12-/t17-,20+,22+,24-,25+,26+,27+,28-,29-/m1/s1. The number of ether oxygens (including phenoxy) is 5. The summed E-state index contributed by atoms with van der Waals surface area (Å²) in [6, 6.07) is 0. The zero-order valence-electron chi connectivity index (χ0n) is 23.5. The van der Waals surface area contributed by atoms with Gasteiger partial charge in [-0.15, -0.1) is 0 Å². The van der Waals surface area contributed by atoms with Crippen LogP contribution in [0.1, 0.15) is 67.2 Å². The lowest BCUT2D eigenvalue weighted by molar-refractivity contribution is -0.276. The second-order valence-corrected chi connectivity index (χ2v) is 10.9. The Labute approximate surface area is 225 Å². The molecule has 9 nitrogen and oxygen atoms in total. The Hall–Kier alpha value is -2.49. The number of aliphatic hydroxyl groups is 1. The molecule has 3 aliphatic rings. The number of esters is 3. The van der Waals surface area contributed by atoms with E-state index in [1.165, 1.54) is 13.8 Å². The van der Waals surface area contributed by atoms with Crippen LogP contribution < -0.4 is 0 Å². The van der Waals surface area contributed by atoms with Crippen molar-refractivity contribution in [3.63, 3.8) is 0 Å². The number of methoxy groups -OCH3 is 1. The van der Waals surface area contributed by atoms with Crippen molar-refractivity contribution >= 4 is 17.9 Å². The Morgan fingerprint density at radius 3 is 2.39 bits per heavy atom. The van der Waals surface area contributed by atoms with Crippen LogP contribution in [0.3, 0.4) is 0 Å². The minimum Gasteiger partial charge on any atom is -0.459 e. The molecular formula is C29H42O9. The Balaban J connectivity index is 2.31. The fourth-order valence-electron chi connectivity index (χ4n) is 6.54. The maximum atomic E-state index is 12.6. The highest BCUT2D eigenvalue weighted by Gasteiger charge is 2.74. The first-order valence-electron chi connectivity index (χ1n) is 13.3. The van der Waals surface area contributed by atoms with Crippen molar-refractivity contribution in [2.75, 3.05) is 7.11 Å². The van der Waals surface area contributed by atoms with E-state index in [0.717, 1.165) is 5.57 Å². The monoisotopic (exact) mass is 534 g/mol. The maximum Gasteiger partial charge on any atom is 0.308 e. The van der Waals surface area contributed by atoms with Gasteiger partial charge in [-0.05, 0) is 49.5 Å². The minimum absolute atomic E-state index is 0.173. The number of rotatable bonds is 9. The largest absolute Gasteiger partial charge is 0.459 e. The fourth-order valence-corrected chi connectivity index (χ4v) is 6.54. The molecular weight excluding hydrogens is 492 g/mol. The summed E-state index contributed by atoms with van der Waals surface area (Å²) in [5, 5.41) is 11.8. The molecule has 0 aromatic heterocycles. The molecule has 3 rings (SSSR count). The van der Waals surface area contributed by atoms with Crippen LogP contribution in [-0.4, -0.2) is 61.0 Å². The van der Waals surface area contributed by atoms with E-state index >= 15 is 0 Å². The summed E-state index contributed by atoms with van der Waals surface area (Å²) >= 11 is 0. The SMILES string of the molecule is C=C/C(C)=C\C[C@]1(C)[C@H](C)[C@@H](O)[C@H](OC(C)=O)[C@@]23C(=C[C@H](OC)C[C@@H]12)[C@@H](OC(=O)CCC)O[C@@H]3OC(C)=O. The van der Waals surface area contributed by atoms with Gasteiger partial charge in [-0.25, -0.2) is 0 Å². The molecule has 9 heteroatoms. The van der Waals surface area contributed by atoms with Crippen LogP contribution in [0, 0.1) is 22.7 Å². The Morgan fingerprint density at radius 2 is 1.84 bits per heavy atom. The molecule has 1 N–H and O–H groups in total. The Morgan fingerprint density at radius 1 is 1.18 bits per heavy atom. The number of hydrogen-bond acceptors (Lipinski definition) is 9. The first-order chi connectivity index (χ1) is 17.9. The molecule has 1 saturated carbocycles. The highest BCUT2D eigenvalue weighted by atomic mass is 16.8. The van der Waals surface area contributed by atoms with Crippen LogP contribution in [0.15, 0.2) is 36.0 Å². The first-order valence-corrected chi connectivity index (χ1v) is 13.3. The van der Waals surface area contributed by atoms with Gasteiger partial charge in [0.1, 0.15) is 11.5 Å². The number of carbonyl (C=O) groups is 3. The molecule has 1 aliphatic heterocycles. The number of allylic oxidation sites excluding steroid dienone is 3. The van der Waals surface area contributed by atoms with E-state index in [4.69, 9.17) is 23.7 Å². The predicted octanol–water partition coefficient (Wildman–Crippen LogP) is 3.99. The molecule has 0 bridgehead atoms. The maximum absolute atomic E-state index is 12.6. The van der Waals surface area contributed by atoms with Crippen molar-refractivity contribution in [3.8, 4) is 0 Å². The van der Waals surface area contributed by atoms with Gasteiger partial charge in [-0.1, -0.05) is 45.1 Å². The summed E-state index contributed by atoms with van der Waals surface area (Å²) in [7, 11) is 1.59. The topological polar surface area (TPSA) is 118 Å².